The molecule has 1 atom stereocenters. The van der Waals surface area contributed by atoms with Gasteiger partial charge in [-0.25, -0.2) is 4.79 Å². The molecule has 3 nitrogen and oxygen atoms in total. The lowest BCUT2D eigenvalue weighted by atomic mass is 10.1. The van der Waals surface area contributed by atoms with Gasteiger partial charge in [-0.05, 0) is 30.5 Å². The van der Waals surface area contributed by atoms with Crippen LogP contribution in [0.1, 0.15) is 18.4 Å². The molecule has 0 amide bonds. The molecule has 0 unspecified atom stereocenters. The second-order valence-electron chi connectivity index (χ2n) is 3.48. The van der Waals surface area contributed by atoms with Crippen molar-refractivity contribution >= 4 is 23.3 Å². The van der Waals surface area contributed by atoms with Crippen molar-refractivity contribution < 1.29 is 9.90 Å². The molecule has 4 heteroatoms. The first kappa shape index (κ1) is 10.2. The molecule has 78 valence electrons. The van der Waals surface area contributed by atoms with Crippen molar-refractivity contribution in [2.45, 2.75) is 18.9 Å². The first-order chi connectivity index (χ1) is 7.16. The number of nitrogens with zero attached hydrogens (tertiary/aromatic N) is 1. The van der Waals surface area contributed by atoms with Crippen LogP contribution in [0.3, 0.4) is 0 Å². The second kappa shape index (κ2) is 4.03. The Labute approximate surface area is 92.4 Å². The first-order valence-electron chi connectivity index (χ1n) is 4.72. The summed E-state index contributed by atoms with van der Waals surface area (Å²) in [6, 6.07) is 6.75. The maximum absolute atomic E-state index is 10.7. The number of carboxylic acid groups (broad SMARTS) is 1. The van der Waals surface area contributed by atoms with Crippen LogP contribution in [0.15, 0.2) is 29.3 Å². The topological polar surface area (TPSA) is 49.7 Å². The first-order valence-corrected chi connectivity index (χ1v) is 5.10. The van der Waals surface area contributed by atoms with Crippen LogP contribution in [0.4, 0.5) is 0 Å². The van der Waals surface area contributed by atoms with E-state index >= 15 is 0 Å². The summed E-state index contributed by atoms with van der Waals surface area (Å²) >= 11 is 5.85. The van der Waals surface area contributed by atoms with Gasteiger partial charge in [0.1, 0.15) is 6.04 Å². The third kappa shape index (κ3) is 2.18. The van der Waals surface area contributed by atoms with Crippen LogP contribution in [-0.4, -0.2) is 22.8 Å². The number of halogens is 1. The number of rotatable bonds is 2. The highest BCUT2D eigenvalue weighted by Crippen LogP contribution is 2.20. The zero-order valence-electron chi connectivity index (χ0n) is 7.98. The predicted octanol–water partition coefficient (Wildman–Crippen LogP) is 2.38. The molecule has 2 rings (SSSR count). The lowest BCUT2D eigenvalue weighted by Gasteiger charge is -1.99. The van der Waals surface area contributed by atoms with Crippen LogP contribution in [0.25, 0.3) is 0 Å². The minimum absolute atomic E-state index is 0.581. The van der Waals surface area contributed by atoms with Crippen LogP contribution in [0, 0.1) is 0 Å². The van der Waals surface area contributed by atoms with E-state index in [0.29, 0.717) is 17.9 Å². The summed E-state index contributed by atoms with van der Waals surface area (Å²) in [5.74, 6) is -0.855. The molecule has 15 heavy (non-hydrogen) atoms. The summed E-state index contributed by atoms with van der Waals surface area (Å²) in [5, 5.41) is 9.45. The Balaban J connectivity index is 2.26. The Morgan fingerprint density at radius 3 is 2.93 bits per heavy atom. The molecule has 1 aromatic rings. The fourth-order valence-electron chi connectivity index (χ4n) is 1.66. The van der Waals surface area contributed by atoms with Crippen LogP contribution in [0.5, 0.6) is 0 Å². The molecule has 1 aliphatic heterocycles. The highest BCUT2D eigenvalue weighted by Gasteiger charge is 2.24. The molecule has 0 aliphatic carbocycles. The van der Waals surface area contributed by atoms with Crippen molar-refractivity contribution in [3.05, 3.63) is 34.9 Å². The molecule has 0 aromatic heterocycles. The van der Waals surface area contributed by atoms with E-state index in [0.717, 1.165) is 11.3 Å². The van der Waals surface area contributed by atoms with E-state index < -0.39 is 12.0 Å². The Morgan fingerprint density at radius 2 is 2.33 bits per heavy atom. The number of aliphatic carboxylic acids is 1. The maximum Gasteiger partial charge on any atom is 0.328 e. The van der Waals surface area contributed by atoms with Crippen molar-refractivity contribution in [1.82, 2.24) is 0 Å². The van der Waals surface area contributed by atoms with E-state index in [1.807, 2.05) is 18.2 Å². The van der Waals surface area contributed by atoms with Crippen LogP contribution in [-0.2, 0) is 4.79 Å². The van der Waals surface area contributed by atoms with E-state index in [1.54, 1.807) is 6.07 Å². The van der Waals surface area contributed by atoms with Gasteiger partial charge in [0.25, 0.3) is 0 Å². The van der Waals surface area contributed by atoms with Crippen molar-refractivity contribution in [3.8, 4) is 0 Å². The van der Waals surface area contributed by atoms with Crippen molar-refractivity contribution in [1.29, 1.82) is 0 Å². The van der Waals surface area contributed by atoms with Gasteiger partial charge in [-0.2, -0.15) is 0 Å². The van der Waals surface area contributed by atoms with Gasteiger partial charge in [-0.3, -0.25) is 4.99 Å². The van der Waals surface area contributed by atoms with E-state index in [2.05, 4.69) is 4.99 Å². The maximum atomic E-state index is 10.7. The van der Waals surface area contributed by atoms with Gasteiger partial charge in [0.15, 0.2) is 0 Å². The van der Waals surface area contributed by atoms with Gasteiger partial charge in [0.05, 0.1) is 0 Å². The summed E-state index contributed by atoms with van der Waals surface area (Å²) in [7, 11) is 0. The summed E-state index contributed by atoms with van der Waals surface area (Å²) in [5.41, 5.74) is 1.76. The number of hydrogen-bond donors (Lipinski definition) is 1. The number of benzene rings is 1. The third-order valence-corrected chi connectivity index (χ3v) is 2.64. The fourth-order valence-corrected chi connectivity index (χ4v) is 1.85. The number of carboxylic acids is 1. The largest absolute Gasteiger partial charge is 0.480 e. The molecule has 0 spiro atoms. The summed E-state index contributed by atoms with van der Waals surface area (Å²) < 4.78 is 0. The minimum Gasteiger partial charge on any atom is -0.480 e. The Kier molecular flexibility index (Phi) is 2.73. The van der Waals surface area contributed by atoms with E-state index in [-0.39, 0.29) is 0 Å². The lowest BCUT2D eigenvalue weighted by Crippen LogP contribution is -2.13. The van der Waals surface area contributed by atoms with Crippen molar-refractivity contribution in [3.63, 3.8) is 0 Å². The van der Waals surface area contributed by atoms with Gasteiger partial charge in [-0.1, -0.05) is 23.7 Å². The predicted molar refractivity (Wildman–Crippen MR) is 58.6 cm³/mol. The zero-order valence-corrected chi connectivity index (χ0v) is 8.74. The van der Waals surface area contributed by atoms with Gasteiger partial charge >= 0.3 is 5.97 Å². The van der Waals surface area contributed by atoms with Gasteiger partial charge in [-0.15, -0.1) is 0 Å². The molecule has 0 saturated heterocycles. The second-order valence-corrected chi connectivity index (χ2v) is 3.92. The van der Waals surface area contributed by atoms with Gasteiger partial charge in [0.2, 0.25) is 0 Å². The molecule has 0 radical (unpaired) electrons. The SMILES string of the molecule is O=C(O)[C@H]1CCC(c2cccc(Cl)c2)=N1. The van der Waals surface area contributed by atoms with E-state index in [9.17, 15) is 4.79 Å². The normalized spacial score (nSPS) is 20.1. The molecule has 0 bridgehead atoms. The molecule has 1 aliphatic rings. The summed E-state index contributed by atoms with van der Waals surface area (Å²) in [4.78, 5) is 14.9. The van der Waals surface area contributed by atoms with Crippen LogP contribution < -0.4 is 0 Å². The quantitative estimate of drug-likeness (QED) is 0.837. The number of carbonyl (C=O) groups is 1. The highest BCUT2D eigenvalue weighted by atomic mass is 35.5. The van der Waals surface area contributed by atoms with Crippen LogP contribution in [0.2, 0.25) is 5.02 Å². The molecular weight excluding hydrogens is 214 g/mol. The van der Waals surface area contributed by atoms with Crippen molar-refractivity contribution in [2.75, 3.05) is 0 Å². The summed E-state index contributed by atoms with van der Waals surface area (Å²) in [6.45, 7) is 0. The van der Waals surface area contributed by atoms with Crippen LogP contribution >= 0.6 is 11.6 Å². The Bertz CT molecular complexity index is 428. The lowest BCUT2D eigenvalue weighted by molar-refractivity contribution is -0.138. The van der Waals surface area contributed by atoms with E-state index in [4.69, 9.17) is 16.7 Å². The highest BCUT2D eigenvalue weighted by molar-refractivity contribution is 6.31. The van der Waals surface area contributed by atoms with Gasteiger partial charge < -0.3 is 5.11 Å². The molecule has 0 saturated carbocycles. The average Bonchev–Trinajstić information content (AvgIpc) is 2.66. The number of aliphatic imine (C=N–C) groups is 1. The van der Waals surface area contributed by atoms with Crippen molar-refractivity contribution in [2.24, 2.45) is 4.99 Å². The Hall–Kier alpha value is -1.35. The standard InChI is InChI=1S/C11H10ClNO2/c12-8-3-1-2-7(6-8)9-4-5-10(13-9)11(14)15/h1-3,6,10H,4-5H2,(H,14,15)/t10-/m1/s1. The average molecular weight is 224 g/mol. The smallest absolute Gasteiger partial charge is 0.328 e. The summed E-state index contributed by atoms with van der Waals surface area (Å²) in [6.07, 6.45) is 1.29. The third-order valence-electron chi connectivity index (χ3n) is 2.41. The molecule has 0 fully saturated rings. The Morgan fingerprint density at radius 1 is 1.53 bits per heavy atom. The molecule has 1 N–H and O–H groups in total. The zero-order chi connectivity index (χ0) is 10.8. The van der Waals surface area contributed by atoms with Gasteiger partial charge in [0, 0.05) is 10.7 Å². The molecular formula is C11H10ClNO2. The van der Waals surface area contributed by atoms with E-state index in [1.165, 1.54) is 0 Å². The fraction of sp³-hybridized carbons (Fsp3) is 0.273. The monoisotopic (exact) mass is 223 g/mol. The minimum atomic E-state index is -0.855. The number of hydrogen-bond acceptors (Lipinski definition) is 2. The molecule has 1 aromatic carbocycles. The molecule has 1 heterocycles.